The summed E-state index contributed by atoms with van der Waals surface area (Å²) in [5.74, 6) is 0.796. The fourth-order valence-electron chi connectivity index (χ4n) is 2.84. The first-order chi connectivity index (χ1) is 15.4. The first kappa shape index (κ1) is 23.0. The normalized spacial score (nSPS) is 11.5. The lowest BCUT2D eigenvalue weighted by Gasteiger charge is -2.15. The molecule has 0 saturated carbocycles. The van der Waals surface area contributed by atoms with Gasteiger partial charge in [0.1, 0.15) is 18.0 Å². The molecule has 0 fully saturated rings. The van der Waals surface area contributed by atoms with Gasteiger partial charge in [-0.05, 0) is 57.3 Å². The highest BCUT2D eigenvalue weighted by molar-refractivity contribution is 7.71. The molecule has 0 aliphatic heterocycles. The standard InChI is InChI=1S/C22H25N5O4S/c1-4-30-17-9-11-18(12-10-17)31-15(3)21(29)25-23-19(28)13-27-20(24-26-22(27)32)16-7-5-14(2)6-8-16/h5-12,15H,4,13H2,1-3H3,(H,23,28)(H,25,29)(H,26,32). The Bertz CT molecular complexity index is 1120. The Morgan fingerprint density at radius 3 is 2.41 bits per heavy atom. The number of benzene rings is 2. The van der Waals surface area contributed by atoms with Gasteiger partial charge in [-0.15, -0.1) is 0 Å². The van der Waals surface area contributed by atoms with Crippen molar-refractivity contribution in [3.63, 3.8) is 0 Å². The molecule has 1 unspecified atom stereocenters. The van der Waals surface area contributed by atoms with Crippen LogP contribution in [-0.4, -0.2) is 39.3 Å². The number of hydrazine groups is 1. The van der Waals surface area contributed by atoms with Crippen LogP contribution in [0.5, 0.6) is 11.5 Å². The van der Waals surface area contributed by atoms with Crippen LogP contribution in [0, 0.1) is 11.7 Å². The second kappa shape index (κ2) is 10.6. The number of amides is 2. The van der Waals surface area contributed by atoms with E-state index in [0.29, 0.717) is 28.7 Å². The van der Waals surface area contributed by atoms with Crippen molar-refractivity contribution in [2.45, 2.75) is 33.4 Å². The summed E-state index contributed by atoms with van der Waals surface area (Å²) in [6.45, 7) is 5.91. The lowest BCUT2D eigenvalue weighted by atomic mass is 10.1. The fraction of sp³-hybridized carbons (Fsp3) is 0.273. The monoisotopic (exact) mass is 455 g/mol. The molecular formula is C22H25N5O4S. The minimum Gasteiger partial charge on any atom is -0.494 e. The SMILES string of the molecule is CCOc1ccc(OC(C)C(=O)NNC(=O)Cn2c(-c3ccc(C)cc3)n[nH]c2=S)cc1. The van der Waals surface area contributed by atoms with Gasteiger partial charge >= 0.3 is 0 Å². The Morgan fingerprint density at radius 1 is 1.09 bits per heavy atom. The molecule has 0 aliphatic rings. The van der Waals surface area contributed by atoms with Crippen LogP contribution in [0.15, 0.2) is 48.5 Å². The Hall–Kier alpha value is -3.66. The van der Waals surface area contributed by atoms with E-state index in [0.717, 1.165) is 11.1 Å². The van der Waals surface area contributed by atoms with E-state index in [1.807, 2.05) is 38.1 Å². The molecule has 0 spiro atoms. The minimum atomic E-state index is -0.826. The molecule has 3 aromatic rings. The maximum absolute atomic E-state index is 12.4. The minimum absolute atomic E-state index is 0.118. The molecule has 2 amide bonds. The average molecular weight is 456 g/mol. The van der Waals surface area contributed by atoms with Gasteiger partial charge in [-0.2, -0.15) is 5.10 Å². The molecule has 0 aliphatic carbocycles. The molecule has 10 heteroatoms. The molecule has 1 heterocycles. The van der Waals surface area contributed by atoms with E-state index < -0.39 is 17.9 Å². The van der Waals surface area contributed by atoms with Crippen molar-refractivity contribution in [1.82, 2.24) is 25.6 Å². The van der Waals surface area contributed by atoms with Gasteiger partial charge in [0, 0.05) is 5.56 Å². The van der Waals surface area contributed by atoms with Crippen LogP contribution >= 0.6 is 12.2 Å². The van der Waals surface area contributed by atoms with E-state index in [2.05, 4.69) is 21.0 Å². The summed E-state index contributed by atoms with van der Waals surface area (Å²) in [5.41, 5.74) is 6.67. The van der Waals surface area contributed by atoms with Gasteiger partial charge < -0.3 is 9.47 Å². The smallest absolute Gasteiger partial charge is 0.279 e. The van der Waals surface area contributed by atoms with Crippen LogP contribution in [0.2, 0.25) is 0 Å². The highest BCUT2D eigenvalue weighted by Crippen LogP contribution is 2.19. The predicted octanol–water partition coefficient (Wildman–Crippen LogP) is 2.93. The summed E-state index contributed by atoms with van der Waals surface area (Å²) >= 11 is 5.24. The van der Waals surface area contributed by atoms with Gasteiger partial charge in [0.15, 0.2) is 16.7 Å². The summed E-state index contributed by atoms with van der Waals surface area (Å²) in [6.07, 6.45) is -0.826. The summed E-state index contributed by atoms with van der Waals surface area (Å²) in [6, 6.07) is 14.6. The molecular weight excluding hydrogens is 430 g/mol. The highest BCUT2D eigenvalue weighted by atomic mass is 32.1. The van der Waals surface area contributed by atoms with Crippen LogP contribution < -0.4 is 20.3 Å². The zero-order chi connectivity index (χ0) is 23.1. The number of ether oxygens (including phenoxy) is 2. The Balaban J connectivity index is 1.54. The topological polar surface area (TPSA) is 110 Å². The third-order valence-corrected chi connectivity index (χ3v) is 4.82. The van der Waals surface area contributed by atoms with Crippen molar-refractivity contribution in [3.8, 4) is 22.9 Å². The van der Waals surface area contributed by atoms with Gasteiger partial charge in [0.05, 0.1) is 6.61 Å². The summed E-state index contributed by atoms with van der Waals surface area (Å²) in [4.78, 5) is 24.7. The quantitative estimate of drug-likeness (QED) is 0.356. The zero-order valence-corrected chi connectivity index (χ0v) is 18.9. The van der Waals surface area contributed by atoms with Gasteiger partial charge in [-0.25, -0.2) is 0 Å². The van der Waals surface area contributed by atoms with E-state index >= 15 is 0 Å². The van der Waals surface area contributed by atoms with Crippen LogP contribution in [0.4, 0.5) is 0 Å². The molecule has 1 aromatic heterocycles. The third-order valence-electron chi connectivity index (χ3n) is 4.51. The van der Waals surface area contributed by atoms with E-state index in [9.17, 15) is 9.59 Å². The van der Waals surface area contributed by atoms with E-state index in [-0.39, 0.29) is 6.54 Å². The highest BCUT2D eigenvalue weighted by Gasteiger charge is 2.17. The molecule has 168 valence electrons. The number of hydrogen-bond acceptors (Lipinski definition) is 6. The zero-order valence-electron chi connectivity index (χ0n) is 18.0. The van der Waals surface area contributed by atoms with Crippen molar-refractivity contribution >= 4 is 24.0 Å². The molecule has 32 heavy (non-hydrogen) atoms. The number of hydrogen-bond donors (Lipinski definition) is 3. The second-order valence-corrected chi connectivity index (χ2v) is 7.39. The van der Waals surface area contributed by atoms with Crippen LogP contribution in [0.3, 0.4) is 0 Å². The molecule has 9 nitrogen and oxygen atoms in total. The number of rotatable bonds is 8. The van der Waals surface area contributed by atoms with Crippen molar-refractivity contribution in [3.05, 3.63) is 58.9 Å². The Morgan fingerprint density at radius 2 is 1.75 bits per heavy atom. The Kier molecular flexibility index (Phi) is 7.61. The first-order valence-corrected chi connectivity index (χ1v) is 10.5. The maximum atomic E-state index is 12.4. The summed E-state index contributed by atoms with van der Waals surface area (Å²) in [5, 5.41) is 6.90. The number of aromatic amines is 1. The molecule has 3 rings (SSSR count). The number of nitrogens with one attached hydrogen (secondary N) is 3. The lowest BCUT2D eigenvalue weighted by molar-refractivity contribution is -0.132. The van der Waals surface area contributed by atoms with Gasteiger partial charge in [-0.3, -0.25) is 30.1 Å². The van der Waals surface area contributed by atoms with Gasteiger partial charge in [0.25, 0.3) is 11.8 Å². The van der Waals surface area contributed by atoms with E-state index in [1.165, 1.54) is 0 Å². The summed E-state index contributed by atoms with van der Waals surface area (Å²) in [7, 11) is 0. The van der Waals surface area contributed by atoms with Crippen LogP contribution in [-0.2, 0) is 16.1 Å². The summed E-state index contributed by atoms with van der Waals surface area (Å²) < 4.78 is 12.8. The molecule has 3 N–H and O–H groups in total. The van der Waals surface area contributed by atoms with Crippen molar-refractivity contribution in [2.24, 2.45) is 0 Å². The Labute approximate surface area is 190 Å². The van der Waals surface area contributed by atoms with E-state index in [1.54, 1.807) is 35.8 Å². The maximum Gasteiger partial charge on any atom is 0.279 e. The number of H-pyrrole nitrogens is 1. The molecule has 0 saturated heterocycles. The fourth-order valence-corrected chi connectivity index (χ4v) is 3.04. The number of aromatic nitrogens is 3. The average Bonchev–Trinajstić information content (AvgIpc) is 3.14. The second-order valence-electron chi connectivity index (χ2n) is 7.01. The number of carbonyl (C=O) groups excluding carboxylic acids is 2. The van der Waals surface area contributed by atoms with Gasteiger partial charge in [-0.1, -0.05) is 29.8 Å². The van der Waals surface area contributed by atoms with Crippen molar-refractivity contribution in [1.29, 1.82) is 0 Å². The van der Waals surface area contributed by atoms with Crippen LogP contribution in [0.1, 0.15) is 19.4 Å². The molecule has 1 atom stereocenters. The molecule has 2 aromatic carbocycles. The molecule has 0 radical (unpaired) electrons. The third kappa shape index (κ3) is 5.94. The van der Waals surface area contributed by atoms with E-state index in [4.69, 9.17) is 21.7 Å². The number of carbonyl (C=O) groups is 2. The van der Waals surface area contributed by atoms with Crippen LogP contribution in [0.25, 0.3) is 11.4 Å². The number of aryl methyl sites for hydroxylation is 1. The molecule has 0 bridgehead atoms. The number of nitrogens with zero attached hydrogens (tertiary/aromatic N) is 2. The van der Waals surface area contributed by atoms with Crippen molar-refractivity contribution < 1.29 is 19.1 Å². The lowest BCUT2D eigenvalue weighted by Crippen LogP contribution is -2.48. The largest absolute Gasteiger partial charge is 0.494 e. The predicted molar refractivity (Wildman–Crippen MR) is 122 cm³/mol. The van der Waals surface area contributed by atoms with Gasteiger partial charge in [0.2, 0.25) is 0 Å². The van der Waals surface area contributed by atoms with Crippen molar-refractivity contribution in [2.75, 3.05) is 6.61 Å². The first-order valence-electron chi connectivity index (χ1n) is 10.1.